The molecule has 154 valence electrons. The summed E-state index contributed by atoms with van der Waals surface area (Å²) in [7, 11) is 1.62. The highest BCUT2D eigenvalue weighted by Crippen LogP contribution is 2.47. The Morgan fingerprint density at radius 1 is 1.23 bits per heavy atom. The molecule has 0 saturated heterocycles. The van der Waals surface area contributed by atoms with E-state index in [4.69, 9.17) is 21.1 Å². The fourth-order valence-corrected chi connectivity index (χ4v) is 4.96. The van der Waals surface area contributed by atoms with Gasteiger partial charge in [-0.15, -0.1) is 11.6 Å². The van der Waals surface area contributed by atoms with Gasteiger partial charge in [-0.05, 0) is 42.8 Å². The number of carbonyl (C=O) groups is 2. The number of nitrogens with one attached hydrogen (secondary N) is 1. The van der Waals surface area contributed by atoms with Crippen LogP contribution in [-0.2, 0) is 21.5 Å². The highest BCUT2D eigenvalue weighted by Gasteiger charge is 2.53. The average Bonchev–Trinajstić information content (AvgIpc) is 3.36. The molecule has 0 radical (unpaired) electrons. The molecule has 2 unspecified atom stereocenters. The van der Waals surface area contributed by atoms with Crippen molar-refractivity contribution in [3.63, 3.8) is 0 Å². The topological polar surface area (TPSA) is 94.7 Å². The molecular formula is C22H18ClN2O5-. The van der Waals surface area contributed by atoms with Gasteiger partial charge in [0.1, 0.15) is 5.54 Å². The number of alkyl halides is 1. The van der Waals surface area contributed by atoms with Gasteiger partial charge in [-0.2, -0.15) is 0 Å². The number of aromatic nitrogens is 1. The number of aromatic amines is 1. The largest absolute Gasteiger partial charge is 0.548 e. The van der Waals surface area contributed by atoms with Gasteiger partial charge in [-0.1, -0.05) is 24.3 Å². The first kappa shape index (κ1) is 19.0. The fraction of sp³-hybridized carbons (Fsp3) is 0.273. The summed E-state index contributed by atoms with van der Waals surface area (Å²) in [5.74, 6) is -0.826. The number of fused-ring (bicyclic) bond motifs is 4. The number of ketones is 1. The number of carbonyl (C=O) groups excluding carboxylic acids is 2. The molecule has 0 aliphatic carbocycles. The zero-order chi connectivity index (χ0) is 21.0. The van der Waals surface area contributed by atoms with Gasteiger partial charge in [0.2, 0.25) is 6.79 Å². The van der Waals surface area contributed by atoms with Crippen LogP contribution in [0.15, 0.2) is 42.5 Å². The predicted octanol–water partition coefficient (Wildman–Crippen LogP) is 1.55. The number of nitrogens with zero attached hydrogens (tertiary/aromatic N) is 1. The standard InChI is InChI=1S/C22H19ClN2O5/c1-25-16(21(27)28)9-14-13-4-2-3-5-15(13)24-20(14)22(25,19(26)10-23)12-6-7-17-18(8-12)30-11-29-17/h2-8,16,24H,9-11H2,1H3,(H,27,28)/p-1. The van der Waals surface area contributed by atoms with Crippen molar-refractivity contribution in [1.29, 1.82) is 0 Å². The number of H-pyrrole nitrogens is 1. The van der Waals surface area contributed by atoms with Gasteiger partial charge in [-0.25, -0.2) is 0 Å². The number of para-hydroxylation sites is 1. The van der Waals surface area contributed by atoms with Crippen LogP contribution in [0.1, 0.15) is 16.8 Å². The van der Waals surface area contributed by atoms with Crippen LogP contribution in [0.4, 0.5) is 0 Å². The van der Waals surface area contributed by atoms with Crippen molar-refractivity contribution < 1.29 is 24.2 Å². The third-order valence-electron chi connectivity index (χ3n) is 6.16. The molecule has 3 aromatic rings. The zero-order valence-corrected chi connectivity index (χ0v) is 16.9. The van der Waals surface area contributed by atoms with Crippen LogP contribution in [0.5, 0.6) is 11.5 Å². The first-order valence-electron chi connectivity index (χ1n) is 9.51. The number of Topliss-reactive ketones (excluding diaryl/α,β-unsaturated/α-hetero) is 1. The van der Waals surface area contributed by atoms with Crippen LogP contribution in [0, 0.1) is 0 Å². The molecule has 2 atom stereocenters. The monoisotopic (exact) mass is 425 g/mol. The quantitative estimate of drug-likeness (QED) is 0.637. The molecular weight excluding hydrogens is 408 g/mol. The maximum Gasteiger partial charge on any atom is 0.231 e. The maximum atomic E-state index is 13.5. The molecule has 0 amide bonds. The molecule has 2 aliphatic heterocycles. The second-order valence-electron chi connectivity index (χ2n) is 7.51. The third kappa shape index (κ3) is 2.42. The molecule has 0 fully saturated rings. The van der Waals surface area contributed by atoms with E-state index in [1.165, 1.54) is 0 Å². The number of ether oxygens (including phenoxy) is 2. The van der Waals surface area contributed by atoms with Crippen molar-refractivity contribution in [1.82, 2.24) is 9.88 Å². The minimum atomic E-state index is -1.44. The Kier molecular flexibility index (Phi) is 4.27. The van der Waals surface area contributed by atoms with Gasteiger partial charge in [0.25, 0.3) is 0 Å². The average molecular weight is 426 g/mol. The molecule has 0 saturated carbocycles. The second kappa shape index (κ2) is 6.75. The van der Waals surface area contributed by atoms with Crippen LogP contribution in [-0.4, -0.2) is 47.4 Å². The fourth-order valence-electron chi connectivity index (χ4n) is 4.77. The van der Waals surface area contributed by atoms with Crippen molar-refractivity contribution in [2.24, 2.45) is 0 Å². The smallest absolute Gasteiger partial charge is 0.231 e. The minimum absolute atomic E-state index is 0.0877. The lowest BCUT2D eigenvalue weighted by Crippen LogP contribution is -2.63. The number of carboxylic acids is 1. The van der Waals surface area contributed by atoms with Gasteiger partial charge in [0.15, 0.2) is 17.3 Å². The number of hydrogen-bond donors (Lipinski definition) is 1. The minimum Gasteiger partial charge on any atom is -0.548 e. The van der Waals surface area contributed by atoms with E-state index in [-0.39, 0.29) is 24.9 Å². The summed E-state index contributed by atoms with van der Waals surface area (Å²) < 4.78 is 10.9. The predicted molar refractivity (Wildman–Crippen MR) is 108 cm³/mol. The van der Waals surface area contributed by atoms with Gasteiger partial charge >= 0.3 is 0 Å². The number of carboxylic acid groups (broad SMARTS) is 1. The summed E-state index contributed by atoms with van der Waals surface area (Å²) in [5, 5.41) is 13.0. The van der Waals surface area contributed by atoms with E-state index >= 15 is 0 Å². The van der Waals surface area contributed by atoms with Crippen molar-refractivity contribution >= 4 is 34.3 Å². The lowest BCUT2D eigenvalue weighted by atomic mass is 9.74. The van der Waals surface area contributed by atoms with Crippen molar-refractivity contribution in [3.05, 3.63) is 59.3 Å². The van der Waals surface area contributed by atoms with E-state index in [1.54, 1.807) is 30.1 Å². The molecule has 0 spiro atoms. The van der Waals surface area contributed by atoms with E-state index in [1.807, 2.05) is 24.3 Å². The summed E-state index contributed by atoms with van der Waals surface area (Å²) in [6.45, 7) is 0.0877. The summed E-state index contributed by atoms with van der Waals surface area (Å²) in [5.41, 5.74) is 1.32. The Hall–Kier alpha value is -3.03. The Morgan fingerprint density at radius 3 is 2.77 bits per heavy atom. The first-order valence-corrected chi connectivity index (χ1v) is 10.0. The van der Waals surface area contributed by atoms with E-state index in [2.05, 4.69) is 4.98 Å². The second-order valence-corrected chi connectivity index (χ2v) is 7.78. The van der Waals surface area contributed by atoms with Gasteiger partial charge < -0.3 is 24.4 Å². The SMILES string of the molecule is CN1C(C(=O)[O-])Cc2c([nH]c3ccccc23)C1(C(=O)CCl)c1ccc2c(c1)OCO2. The number of benzene rings is 2. The number of rotatable bonds is 4. The number of halogens is 1. The molecule has 2 aromatic carbocycles. The number of likely N-dealkylation sites (N-methyl/N-ethyl adjacent to an activating group) is 1. The third-order valence-corrected chi connectivity index (χ3v) is 6.40. The molecule has 2 aliphatic rings. The maximum absolute atomic E-state index is 13.5. The Labute approximate surface area is 177 Å². The Balaban J connectivity index is 1.87. The molecule has 7 nitrogen and oxygen atoms in total. The van der Waals surface area contributed by atoms with Crippen LogP contribution in [0.25, 0.3) is 10.9 Å². The molecule has 5 rings (SSSR count). The normalized spacial score (nSPS) is 22.8. The molecule has 3 heterocycles. The van der Waals surface area contributed by atoms with E-state index in [0.29, 0.717) is 22.8 Å². The molecule has 0 bridgehead atoms. The lowest BCUT2D eigenvalue weighted by Gasteiger charge is -2.48. The van der Waals surface area contributed by atoms with Gasteiger partial charge in [0.05, 0.1) is 23.6 Å². The summed E-state index contributed by atoms with van der Waals surface area (Å²) in [4.78, 5) is 30.5. The molecule has 8 heteroatoms. The van der Waals surface area contributed by atoms with E-state index < -0.39 is 17.6 Å². The highest BCUT2D eigenvalue weighted by atomic mass is 35.5. The van der Waals surface area contributed by atoms with E-state index in [9.17, 15) is 14.7 Å². The number of hydrogen-bond acceptors (Lipinski definition) is 6. The Morgan fingerprint density at radius 2 is 2.00 bits per heavy atom. The van der Waals surface area contributed by atoms with Crippen LogP contribution in [0.3, 0.4) is 0 Å². The molecule has 30 heavy (non-hydrogen) atoms. The summed E-state index contributed by atoms with van der Waals surface area (Å²) in [6, 6.07) is 11.8. The first-order chi connectivity index (χ1) is 14.5. The van der Waals surface area contributed by atoms with Crippen LogP contribution >= 0.6 is 11.6 Å². The summed E-state index contributed by atoms with van der Waals surface area (Å²) >= 11 is 6.09. The molecule has 1 aromatic heterocycles. The van der Waals surface area contributed by atoms with Crippen molar-refractivity contribution in [2.75, 3.05) is 19.7 Å². The van der Waals surface area contributed by atoms with Gasteiger partial charge in [-0.3, -0.25) is 9.69 Å². The number of aliphatic carboxylic acids is 1. The van der Waals surface area contributed by atoms with Crippen LogP contribution < -0.4 is 14.6 Å². The van der Waals surface area contributed by atoms with Crippen LogP contribution in [0.2, 0.25) is 0 Å². The Bertz CT molecular complexity index is 1190. The summed E-state index contributed by atoms with van der Waals surface area (Å²) in [6.07, 6.45) is 0.208. The van der Waals surface area contributed by atoms with Crippen molar-refractivity contribution in [2.45, 2.75) is 18.0 Å². The van der Waals surface area contributed by atoms with E-state index in [0.717, 1.165) is 16.5 Å². The zero-order valence-electron chi connectivity index (χ0n) is 16.1. The highest BCUT2D eigenvalue weighted by molar-refractivity contribution is 6.29. The lowest BCUT2D eigenvalue weighted by molar-refractivity contribution is -0.312. The van der Waals surface area contributed by atoms with Crippen molar-refractivity contribution in [3.8, 4) is 11.5 Å². The molecule has 1 N–H and O–H groups in total. The van der Waals surface area contributed by atoms with Gasteiger partial charge in [0, 0.05) is 10.9 Å².